The lowest BCUT2D eigenvalue weighted by molar-refractivity contribution is 0.103. The SMILES string of the molecule is O=C(Nc1ccc2occc(=O)c2c1)c1cccs1. The van der Waals surface area contributed by atoms with Crippen LogP contribution in [0.4, 0.5) is 5.69 Å². The van der Waals surface area contributed by atoms with Gasteiger partial charge in [0.15, 0.2) is 5.43 Å². The molecule has 3 rings (SSSR count). The van der Waals surface area contributed by atoms with Crippen molar-refractivity contribution in [3.63, 3.8) is 0 Å². The van der Waals surface area contributed by atoms with Gasteiger partial charge in [0.05, 0.1) is 16.5 Å². The van der Waals surface area contributed by atoms with Gasteiger partial charge in [0.1, 0.15) is 5.58 Å². The van der Waals surface area contributed by atoms with Crippen molar-refractivity contribution in [2.24, 2.45) is 0 Å². The molecule has 94 valence electrons. The van der Waals surface area contributed by atoms with Crippen molar-refractivity contribution in [3.05, 3.63) is 63.1 Å². The highest BCUT2D eigenvalue weighted by Crippen LogP contribution is 2.18. The summed E-state index contributed by atoms with van der Waals surface area (Å²) in [6.45, 7) is 0. The molecule has 2 heterocycles. The van der Waals surface area contributed by atoms with Gasteiger partial charge in [0.25, 0.3) is 5.91 Å². The molecule has 2 aromatic heterocycles. The second kappa shape index (κ2) is 4.70. The summed E-state index contributed by atoms with van der Waals surface area (Å²) in [5.41, 5.74) is 0.944. The first kappa shape index (κ1) is 11.7. The van der Waals surface area contributed by atoms with Gasteiger partial charge in [-0.25, -0.2) is 0 Å². The van der Waals surface area contributed by atoms with Crippen LogP contribution in [0.25, 0.3) is 11.0 Å². The third kappa shape index (κ3) is 2.28. The third-order valence-corrected chi connectivity index (χ3v) is 3.53. The van der Waals surface area contributed by atoms with E-state index in [4.69, 9.17) is 4.42 Å². The summed E-state index contributed by atoms with van der Waals surface area (Å²) < 4.78 is 5.21. The van der Waals surface area contributed by atoms with Gasteiger partial charge >= 0.3 is 0 Å². The lowest BCUT2D eigenvalue weighted by Gasteiger charge is -2.04. The summed E-state index contributed by atoms with van der Waals surface area (Å²) in [4.78, 5) is 24.2. The topological polar surface area (TPSA) is 59.3 Å². The Bertz CT molecular complexity index is 790. The van der Waals surface area contributed by atoms with Crippen molar-refractivity contribution in [2.45, 2.75) is 0 Å². The lowest BCUT2D eigenvalue weighted by Crippen LogP contribution is -2.10. The first-order valence-corrected chi connectivity index (χ1v) is 6.48. The van der Waals surface area contributed by atoms with E-state index in [0.29, 0.717) is 21.5 Å². The van der Waals surface area contributed by atoms with Crippen molar-refractivity contribution in [1.82, 2.24) is 0 Å². The third-order valence-electron chi connectivity index (χ3n) is 2.66. The summed E-state index contributed by atoms with van der Waals surface area (Å²) >= 11 is 1.36. The number of carbonyl (C=O) groups is 1. The van der Waals surface area contributed by atoms with Gasteiger partial charge in [-0.2, -0.15) is 0 Å². The number of rotatable bonds is 2. The Labute approximate surface area is 112 Å². The van der Waals surface area contributed by atoms with Crippen LogP contribution in [-0.4, -0.2) is 5.91 Å². The predicted octanol–water partition coefficient (Wildman–Crippen LogP) is 3.11. The van der Waals surface area contributed by atoms with E-state index in [1.54, 1.807) is 24.3 Å². The standard InChI is InChI=1S/C14H9NO3S/c16-11-5-6-18-12-4-3-9(8-10(11)12)15-14(17)13-2-1-7-19-13/h1-8H,(H,15,17). The lowest BCUT2D eigenvalue weighted by atomic mass is 10.2. The zero-order chi connectivity index (χ0) is 13.2. The van der Waals surface area contributed by atoms with Crippen molar-refractivity contribution in [2.75, 3.05) is 5.32 Å². The second-order valence-corrected chi connectivity index (χ2v) is 4.87. The van der Waals surface area contributed by atoms with Gasteiger partial charge in [-0.1, -0.05) is 6.07 Å². The van der Waals surface area contributed by atoms with E-state index in [0.717, 1.165) is 0 Å². The minimum absolute atomic E-state index is 0.131. The predicted molar refractivity (Wildman–Crippen MR) is 74.8 cm³/mol. The van der Waals surface area contributed by atoms with Gasteiger partial charge in [-0.15, -0.1) is 11.3 Å². The molecule has 0 radical (unpaired) electrons. The van der Waals surface area contributed by atoms with Gasteiger partial charge in [-0.05, 0) is 29.6 Å². The van der Waals surface area contributed by atoms with Gasteiger partial charge in [0, 0.05) is 11.8 Å². The molecule has 0 fully saturated rings. The molecule has 1 N–H and O–H groups in total. The summed E-state index contributed by atoms with van der Waals surface area (Å²) in [7, 11) is 0. The van der Waals surface area contributed by atoms with Crippen LogP contribution < -0.4 is 10.7 Å². The average molecular weight is 271 g/mol. The Morgan fingerprint density at radius 3 is 2.89 bits per heavy atom. The molecule has 0 bridgehead atoms. The van der Waals surface area contributed by atoms with Gasteiger partial charge < -0.3 is 9.73 Å². The fraction of sp³-hybridized carbons (Fsp3) is 0. The Balaban J connectivity index is 1.96. The van der Waals surface area contributed by atoms with Crippen LogP contribution in [-0.2, 0) is 0 Å². The Morgan fingerprint density at radius 1 is 1.21 bits per heavy atom. The smallest absolute Gasteiger partial charge is 0.265 e. The Hall–Kier alpha value is -2.40. The summed E-state index contributed by atoms with van der Waals surface area (Å²) in [5, 5.41) is 5.04. The van der Waals surface area contributed by atoms with E-state index in [2.05, 4.69) is 5.32 Å². The maximum absolute atomic E-state index is 11.9. The number of fused-ring (bicyclic) bond motifs is 1. The van der Waals surface area contributed by atoms with E-state index in [1.807, 2.05) is 11.4 Å². The van der Waals surface area contributed by atoms with Gasteiger partial charge in [0.2, 0.25) is 0 Å². The molecule has 0 spiro atoms. The average Bonchev–Trinajstić information content (AvgIpc) is 2.94. The minimum atomic E-state index is -0.185. The van der Waals surface area contributed by atoms with Crippen LogP contribution in [0.1, 0.15) is 9.67 Å². The molecular weight excluding hydrogens is 262 g/mol. The molecule has 0 saturated carbocycles. The monoisotopic (exact) mass is 271 g/mol. The highest BCUT2D eigenvalue weighted by atomic mass is 32.1. The van der Waals surface area contributed by atoms with Crippen LogP contribution in [0, 0.1) is 0 Å². The van der Waals surface area contributed by atoms with E-state index >= 15 is 0 Å². The van der Waals surface area contributed by atoms with Crippen molar-refractivity contribution < 1.29 is 9.21 Å². The number of amides is 1. The number of nitrogens with one attached hydrogen (secondary N) is 1. The van der Waals surface area contributed by atoms with Crippen LogP contribution in [0.15, 0.2) is 57.3 Å². The normalized spacial score (nSPS) is 10.5. The molecule has 5 heteroatoms. The highest BCUT2D eigenvalue weighted by molar-refractivity contribution is 7.12. The molecule has 0 aliphatic heterocycles. The Kier molecular flexibility index (Phi) is 2.89. The number of hydrogen-bond acceptors (Lipinski definition) is 4. The summed E-state index contributed by atoms with van der Waals surface area (Å²) in [6, 6.07) is 9.90. The zero-order valence-corrected chi connectivity index (χ0v) is 10.6. The number of carbonyl (C=O) groups excluding carboxylic acids is 1. The molecule has 0 aliphatic carbocycles. The van der Waals surface area contributed by atoms with E-state index in [9.17, 15) is 9.59 Å². The molecule has 19 heavy (non-hydrogen) atoms. The highest BCUT2D eigenvalue weighted by Gasteiger charge is 2.08. The molecule has 3 aromatic rings. The second-order valence-electron chi connectivity index (χ2n) is 3.93. The van der Waals surface area contributed by atoms with Crippen molar-refractivity contribution >= 4 is 33.9 Å². The Morgan fingerprint density at radius 2 is 2.11 bits per heavy atom. The first-order valence-electron chi connectivity index (χ1n) is 5.60. The van der Waals surface area contributed by atoms with Gasteiger partial charge in [-0.3, -0.25) is 9.59 Å². The number of benzene rings is 1. The van der Waals surface area contributed by atoms with Crippen LogP contribution >= 0.6 is 11.3 Å². The number of anilines is 1. The van der Waals surface area contributed by atoms with E-state index < -0.39 is 0 Å². The van der Waals surface area contributed by atoms with Crippen molar-refractivity contribution in [3.8, 4) is 0 Å². The molecule has 1 amide bonds. The van der Waals surface area contributed by atoms with Crippen LogP contribution in [0.2, 0.25) is 0 Å². The van der Waals surface area contributed by atoms with Crippen molar-refractivity contribution in [1.29, 1.82) is 0 Å². The van der Waals surface area contributed by atoms with Crippen LogP contribution in [0.5, 0.6) is 0 Å². The fourth-order valence-corrected chi connectivity index (χ4v) is 2.38. The number of thiophene rings is 1. The molecule has 1 aromatic carbocycles. The zero-order valence-electron chi connectivity index (χ0n) is 9.75. The minimum Gasteiger partial charge on any atom is -0.464 e. The molecule has 0 atom stereocenters. The maximum atomic E-state index is 11.9. The molecule has 4 nitrogen and oxygen atoms in total. The first-order chi connectivity index (χ1) is 9.24. The molecule has 0 unspecified atom stereocenters. The number of hydrogen-bond donors (Lipinski definition) is 1. The van der Waals surface area contributed by atoms with E-state index in [-0.39, 0.29) is 11.3 Å². The molecule has 0 aliphatic rings. The maximum Gasteiger partial charge on any atom is 0.265 e. The largest absolute Gasteiger partial charge is 0.464 e. The molecular formula is C14H9NO3S. The summed E-state index contributed by atoms with van der Waals surface area (Å²) in [6.07, 6.45) is 1.36. The van der Waals surface area contributed by atoms with Crippen LogP contribution in [0.3, 0.4) is 0 Å². The fourth-order valence-electron chi connectivity index (χ4n) is 1.76. The van der Waals surface area contributed by atoms with E-state index in [1.165, 1.54) is 23.7 Å². The molecule has 0 saturated heterocycles. The summed E-state index contributed by atoms with van der Waals surface area (Å²) in [5.74, 6) is -0.185. The quantitative estimate of drug-likeness (QED) is 0.779.